The molecule has 0 saturated carbocycles. The lowest BCUT2D eigenvalue weighted by atomic mass is 10.0. The van der Waals surface area contributed by atoms with Gasteiger partial charge in [0, 0.05) is 31.0 Å². The fourth-order valence-electron chi connectivity index (χ4n) is 3.13. The third kappa shape index (κ3) is 4.42. The van der Waals surface area contributed by atoms with Crippen LogP contribution in [0, 0.1) is 6.92 Å². The van der Waals surface area contributed by atoms with Gasteiger partial charge in [0.05, 0.1) is 11.4 Å². The Kier molecular flexibility index (Phi) is 6.14. The number of carbonyl (C=O) groups is 2. The van der Waals surface area contributed by atoms with Gasteiger partial charge in [0.25, 0.3) is 0 Å². The summed E-state index contributed by atoms with van der Waals surface area (Å²) in [6, 6.07) is 3.50. The number of aromatic nitrogens is 2. The Morgan fingerprint density at radius 2 is 2.04 bits per heavy atom. The van der Waals surface area contributed by atoms with Gasteiger partial charge in [0.2, 0.25) is 5.91 Å². The van der Waals surface area contributed by atoms with Gasteiger partial charge < -0.3 is 14.7 Å². The third-order valence-electron chi connectivity index (χ3n) is 4.61. The lowest BCUT2D eigenvalue weighted by Gasteiger charge is -2.30. The lowest BCUT2D eigenvalue weighted by molar-refractivity contribution is -0.136. The first-order chi connectivity index (χ1) is 13.4. The topological polar surface area (TPSA) is 92.6 Å². The zero-order valence-electron chi connectivity index (χ0n) is 15.8. The molecule has 148 valence electrons. The summed E-state index contributed by atoms with van der Waals surface area (Å²) in [6.45, 7) is 4.02. The van der Waals surface area contributed by atoms with Crippen LogP contribution in [-0.4, -0.2) is 33.5 Å². The van der Waals surface area contributed by atoms with Crippen LogP contribution in [0.3, 0.4) is 0 Å². The van der Waals surface area contributed by atoms with Gasteiger partial charge >= 0.3 is 5.97 Å². The number of carboxylic acids is 1. The van der Waals surface area contributed by atoms with Crippen molar-refractivity contribution in [2.45, 2.75) is 45.6 Å². The summed E-state index contributed by atoms with van der Waals surface area (Å²) in [4.78, 5) is 33.3. The van der Waals surface area contributed by atoms with E-state index in [-0.39, 0.29) is 25.0 Å². The van der Waals surface area contributed by atoms with Crippen molar-refractivity contribution >= 4 is 29.2 Å². The molecule has 1 N–H and O–H groups in total. The number of ether oxygens (including phenoxy) is 1. The van der Waals surface area contributed by atoms with Gasteiger partial charge in [-0.15, -0.1) is 0 Å². The van der Waals surface area contributed by atoms with E-state index in [1.165, 1.54) is 4.90 Å². The summed E-state index contributed by atoms with van der Waals surface area (Å²) in [5.41, 5.74) is 2.52. The number of aryl methyl sites for hydroxylation is 2. The Morgan fingerprint density at radius 3 is 2.68 bits per heavy atom. The van der Waals surface area contributed by atoms with E-state index in [1.807, 2.05) is 19.9 Å². The van der Waals surface area contributed by atoms with Crippen LogP contribution in [0.15, 0.2) is 24.5 Å². The number of carbonyl (C=O) groups excluding carboxylic acids is 1. The molecule has 2 aromatic rings. The number of hydrogen-bond donors (Lipinski definition) is 1. The molecule has 1 aromatic carbocycles. The molecule has 1 amide bonds. The molecule has 0 bridgehead atoms. The summed E-state index contributed by atoms with van der Waals surface area (Å²) in [7, 11) is 0. The highest BCUT2D eigenvalue weighted by Gasteiger charge is 2.27. The summed E-state index contributed by atoms with van der Waals surface area (Å²) < 4.78 is 6.09. The zero-order chi connectivity index (χ0) is 20.3. The first kappa shape index (κ1) is 20.1. The smallest absolute Gasteiger partial charge is 0.305 e. The second-order valence-electron chi connectivity index (χ2n) is 6.73. The Bertz CT molecular complexity index is 886. The Labute approximate surface area is 168 Å². The minimum Gasteiger partial charge on any atom is -0.481 e. The number of hydrogen-bond acceptors (Lipinski definition) is 5. The number of nitrogens with zero attached hydrogens (tertiary/aromatic N) is 3. The molecular weight excluding hydrogens is 382 g/mol. The highest BCUT2D eigenvalue weighted by atomic mass is 35.5. The SMILES string of the molecule is CCC(Oc1cc2c(cc1Cl)N(CCC(=O)O)C(=O)CC2)c1ncc(C)cn1. The maximum Gasteiger partial charge on any atom is 0.305 e. The molecule has 28 heavy (non-hydrogen) atoms. The van der Waals surface area contributed by atoms with Crippen LogP contribution in [-0.2, 0) is 16.0 Å². The zero-order valence-corrected chi connectivity index (χ0v) is 16.6. The molecule has 0 spiro atoms. The minimum absolute atomic E-state index is 0.0991. The van der Waals surface area contributed by atoms with Gasteiger partial charge in [-0.1, -0.05) is 18.5 Å². The summed E-state index contributed by atoms with van der Waals surface area (Å²) in [5.74, 6) is 0.0389. The monoisotopic (exact) mass is 403 g/mol. The van der Waals surface area contributed by atoms with Crippen molar-refractivity contribution in [3.05, 3.63) is 46.5 Å². The normalized spacial score (nSPS) is 14.5. The van der Waals surface area contributed by atoms with E-state index < -0.39 is 5.97 Å². The number of benzene rings is 1. The molecule has 1 atom stereocenters. The first-order valence-electron chi connectivity index (χ1n) is 9.18. The van der Waals surface area contributed by atoms with Crippen LogP contribution in [0.5, 0.6) is 5.75 Å². The molecule has 2 heterocycles. The Morgan fingerprint density at radius 1 is 1.32 bits per heavy atom. The molecular formula is C20H22ClN3O4. The van der Waals surface area contributed by atoms with E-state index in [4.69, 9.17) is 21.4 Å². The number of aliphatic carboxylic acids is 1. The van der Waals surface area contributed by atoms with Crippen LogP contribution >= 0.6 is 11.6 Å². The van der Waals surface area contributed by atoms with Crippen molar-refractivity contribution in [3.8, 4) is 5.75 Å². The van der Waals surface area contributed by atoms with Crippen LogP contribution < -0.4 is 9.64 Å². The number of anilines is 1. The van der Waals surface area contributed by atoms with E-state index in [0.717, 1.165) is 11.1 Å². The van der Waals surface area contributed by atoms with Gasteiger partial charge in [-0.3, -0.25) is 9.59 Å². The minimum atomic E-state index is -0.949. The average molecular weight is 404 g/mol. The predicted octanol–water partition coefficient (Wildman–Crippen LogP) is 3.72. The second-order valence-corrected chi connectivity index (χ2v) is 7.14. The van der Waals surface area contributed by atoms with E-state index >= 15 is 0 Å². The Hall–Kier alpha value is -2.67. The van der Waals surface area contributed by atoms with Gasteiger partial charge in [0.1, 0.15) is 5.75 Å². The molecule has 1 aromatic heterocycles. The number of carboxylic acid groups (broad SMARTS) is 1. The highest BCUT2D eigenvalue weighted by Crippen LogP contribution is 2.38. The van der Waals surface area contributed by atoms with Crippen molar-refractivity contribution in [2.75, 3.05) is 11.4 Å². The summed E-state index contributed by atoms with van der Waals surface area (Å²) in [6.07, 6.45) is 4.58. The Balaban J connectivity index is 1.86. The van der Waals surface area contributed by atoms with Crippen LogP contribution in [0.1, 0.15) is 49.2 Å². The largest absolute Gasteiger partial charge is 0.481 e. The number of rotatable bonds is 7. The maximum absolute atomic E-state index is 12.2. The molecule has 0 fully saturated rings. The first-order valence-corrected chi connectivity index (χ1v) is 9.56. The van der Waals surface area contributed by atoms with Gasteiger partial charge in [0.15, 0.2) is 11.9 Å². The second kappa shape index (κ2) is 8.56. The quantitative estimate of drug-likeness (QED) is 0.757. The molecule has 7 nitrogen and oxygen atoms in total. The molecule has 3 rings (SSSR count). The average Bonchev–Trinajstić information content (AvgIpc) is 2.66. The van der Waals surface area contributed by atoms with Crippen molar-refractivity contribution < 1.29 is 19.4 Å². The number of halogens is 1. The van der Waals surface area contributed by atoms with E-state index in [2.05, 4.69) is 9.97 Å². The molecule has 8 heteroatoms. The fraction of sp³-hybridized carbons (Fsp3) is 0.400. The van der Waals surface area contributed by atoms with Crippen molar-refractivity contribution in [1.29, 1.82) is 0 Å². The molecule has 1 aliphatic heterocycles. The number of fused-ring (bicyclic) bond motifs is 1. The van der Waals surface area contributed by atoms with Gasteiger partial charge in [-0.25, -0.2) is 9.97 Å². The standard InChI is InChI=1S/C20H22ClN3O4/c1-3-16(20-22-10-12(2)11-23-20)28-17-8-13-4-5-18(25)24(7-6-19(26)27)15(13)9-14(17)21/h8-11,16H,3-7H2,1-2H3,(H,26,27). The third-order valence-corrected chi connectivity index (χ3v) is 4.91. The van der Waals surface area contributed by atoms with E-state index in [1.54, 1.807) is 18.5 Å². The van der Waals surface area contributed by atoms with Crippen LogP contribution in [0.25, 0.3) is 0 Å². The van der Waals surface area contributed by atoms with Gasteiger partial charge in [-0.2, -0.15) is 0 Å². The van der Waals surface area contributed by atoms with Crippen LogP contribution in [0.2, 0.25) is 5.02 Å². The summed E-state index contributed by atoms with van der Waals surface area (Å²) >= 11 is 6.43. The van der Waals surface area contributed by atoms with E-state index in [9.17, 15) is 9.59 Å². The summed E-state index contributed by atoms with van der Waals surface area (Å²) in [5, 5.41) is 9.29. The molecule has 0 saturated heterocycles. The molecule has 0 radical (unpaired) electrons. The fourth-order valence-corrected chi connectivity index (χ4v) is 3.33. The van der Waals surface area contributed by atoms with Crippen LogP contribution in [0.4, 0.5) is 5.69 Å². The van der Waals surface area contributed by atoms with Gasteiger partial charge in [-0.05, 0) is 43.0 Å². The predicted molar refractivity (Wildman–Crippen MR) is 105 cm³/mol. The maximum atomic E-state index is 12.2. The highest BCUT2D eigenvalue weighted by molar-refractivity contribution is 6.32. The van der Waals surface area contributed by atoms with Crippen molar-refractivity contribution in [2.24, 2.45) is 0 Å². The molecule has 1 aliphatic rings. The lowest BCUT2D eigenvalue weighted by Crippen LogP contribution is -2.36. The van der Waals surface area contributed by atoms with Crippen molar-refractivity contribution in [1.82, 2.24) is 9.97 Å². The number of amides is 1. The van der Waals surface area contributed by atoms with E-state index in [0.29, 0.717) is 41.5 Å². The molecule has 1 unspecified atom stereocenters. The molecule has 0 aliphatic carbocycles. The van der Waals surface area contributed by atoms with Crippen molar-refractivity contribution in [3.63, 3.8) is 0 Å².